The molecule has 170 valence electrons. The molecule has 0 aliphatic carbocycles. The minimum Gasteiger partial charge on any atom is -0.494 e. The Hall–Kier alpha value is -3.71. The molecule has 0 amide bonds. The van der Waals surface area contributed by atoms with Crippen LogP contribution in [-0.2, 0) is 0 Å². The van der Waals surface area contributed by atoms with E-state index in [1.807, 2.05) is 31.2 Å². The number of thiocarbonyl (C=S) groups is 1. The Morgan fingerprint density at radius 1 is 1.03 bits per heavy atom. The average Bonchev–Trinajstić information content (AvgIpc) is 2.81. The van der Waals surface area contributed by atoms with Gasteiger partial charge in [0.25, 0.3) is 0 Å². The maximum absolute atomic E-state index is 12.4. The normalized spacial score (nSPS) is 10.6. The van der Waals surface area contributed by atoms with Crippen LogP contribution in [0.5, 0.6) is 11.5 Å². The lowest BCUT2D eigenvalue weighted by molar-refractivity contribution is 0.0734. The quantitative estimate of drug-likeness (QED) is 0.106. The van der Waals surface area contributed by atoms with E-state index in [4.69, 9.17) is 21.7 Å². The summed E-state index contributed by atoms with van der Waals surface area (Å²) in [5.41, 5.74) is 6.11. The first-order chi connectivity index (χ1) is 16.0. The van der Waals surface area contributed by atoms with E-state index in [0.717, 1.165) is 35.4 Å². The first kappa shape index (κ1) is 23.9. The molecule has 0 unspecified atom stereocenters. The van der Waals surface area contributed by atoms with Gasteiger partial charge in [0.2, 0.25) is 0 Å². The molecule has 0 aliphatic heterocycles. The van der Waals surface area contributed by atoms with Crippen LogP contribution in [0, 0.1) is 6.92 Å². The average molecular weight is 462 g/mol. The topological polar surface area (TPSA) is 72.0 Å². The number of hydrogen-bond donors (Lipinski definition) is 2. The fraction of sp³-hybridized carbons (Fsp3) is 0.192. The lowest BCUT2D eigenvalue weighted by Gasteiger charge is -2.08. The van der Waals surface area contributed by atoms with Gasteiger partial charge in [-0.15, -0.1) is 0 Å². The first-order valence-corrected chi connectivity index (χ1v) is 11.2. The van der Waals surface area contributed by atoms with Crippen molar-refractivity contribution in [3.8, 4) is 11.5 Å². The third kappa shape index (κ3) is 8.05. The fourth-order valence-corrected chi connectivity index (χ4v) is 3.03. The number of carbonyl (C=O) groups is 1. The second-order valence-corrected chi connectivity index (χ2v) is 7.79. The van der Waals surface area contributed by atoms with E-state index >= 15 is 0 Å². The van der Waals surface area contributed by atoms with Crippen molar-refractivity contribution in [1.29, 1.82) is 0 Å². The molecule has 0 atom stereocenters. The summed E-state index contributed by atoms with van der Waals surface area (Å²) in [6.45, 7) is 4.79. The van der Waals surface area contributed by atoms with Gasteiger partial charge < -0.3 is 14.8 Å². The summed E-state index contributed by atoms with van der Waals surface area (Å²) in [6.07, 6.45) is 3.70. The Kier molecular flexibility index (Phi) is 8.97. The molecular formula is C26H27N3O3S. The molecule has 2 N–H and O–H groups in total. The molecule has 7 heteroatoms. The number of nitrogens with one attached hydrogen (secondary N) is 2. The third-order valence-electron chi connectivity index (χ3n) is 4.60. The fourth-order valence-electron chi connectivity index (χ4n) is 2.86. The smallest absolute Gasteiger partial charge is 0.343 e. The van der Waals surface area contributed by atoms with Crippen LogP contribution in [0.25, 0.3) is 0 Å². The molecule has 3 rings (SSSR count). The standard InChI is InChI=1S/C26H27N3O3S/c1-3-4-16-31-23-14-10-21(11-15-23)25(30)32-24-12-8-20(9-13-24)18-27-29-26(33)28-22-7-5-6-19(2)17-22/h5-15,17-18H,3-4,16H2,1-2H3,(H2,28,29,33)/b27-18-. The Bertz CT molecular complexity index is 1100. The van der Waals surface area contributed by atoms with Crippen LogP contribution >= 0.6 is 12.2 Å². The number of aryl methyl sites for hydroxylation is 1. The van der Waals surface area contributed by atoms with Gasteiger partial charge in [0.1, 0.15) is 11.5 Å². The van der Waals surface area contributed by atoms with Crippen molar-refractivity contribution in [2.45, 2.75) is 26.7 Å². The number of anilines is 1. The van der Waals surface area contributed by atoms with Gasteiger partial charge in [-0.1, -0.05) is 25.5 Å². The van der Waals surface area contributed by atoms with E-state index in [9.17, 15) is 4.79 Å². The van der Waals surface area contributed by atoms with E-state index in [2.05, 4.69) is 22.8 Å². The third-order valence-corrected chi connectivity index (χ3v) is 4.80. The minimum atomic E-state index is -0.425. The highest BCUT2D eigenvalue weighted by atomic mass is 32.1. The van der Waals surface area contributed by atoms with Crippen LogP contribution in [0.4, 0.5) is 5.69 Å². The number of ether oxygens (including phenoxy) is 2. The van der Waals surface area contributed by atoms with E-state index in [1.54, 1.807) is 54.7 Å². The van der Waals surface area contributed by atoms with Gasteiger partial charge in [-0.25, -0.2) is 4.79 Å². The molecule has 6 nitrogen and oxygen atoms in total. The number of nitrogens with zero attached hydrogens (tertiary/aromatic N) is 1. The number of esters is 1. The SMILES string of the molecule is CCCCOc1ccc(C(=O)Oc2ccc(/C=N\NC(=S)Nc3cccc(C)c3)cc2)cc1. The Morgan fingerprint density at radius 3 is 2.45 bits per heavy atom. The zero-order chi connectivity index (χ0) is 23.5. The van der Waals surface area contributed by atoms with E-state index in [1.165, 1.54) is 0 Å². The van der Waals surface area contributed by atoms with Gasteiger partial charge in [0.15, 0.2) is 5.11 Å². The minimum absolute atomic E-state index is 0.393. The first-order valence-electron chi connectivity index (χ1n) is 10.8. The lowest BCUT2D eigenvalue weighted by Crippen LogP contribution is -2.23. The Labute approximate surface area is 199 Å². The highest BCUT2D eigenvalue weighted by Gasteiger charge is 2.09. The zero-order valence-corrected chi connectivity index (χ0v) is 19.5. The largest absolute Gasteiger partial charge is 0.494 e. The molecule has 0 saturated carbocycles. The molecule has 0 aliphatic rings. The number of hydrogen-bond acceptors (Lipinski definition) is 5. The lowest BCUT2D eigenvalue weighted by atomic mass is 10.2. The zero-order valence-electron chi connectivity index (χ0n) is 18.7. The van der Waals surface area contributed by atoms with Crippen molar-refractivity contribution in [3.63, 3.8) is 0 Å². The number of carbonyl (C=O) groups excluding carboxylic acids is 1. The van der Waals surface area contributed by atoms with Crippen molar-refractivity contribution < 1.29 is 14.3 Å². The summed E-state index contributed by atoms with van der Waals surface area (Å²) in [4.78, 5) is 12.4. The number of unbranched alkanes of at least 4 members (excludes halogenated alkanes) is 1. The number of rotatable bonds is 9. The predicted octanol–water partition coefficient (Wildman–Crippen LogP) is 5.71. The molecule has 3 aromatic rings. The summed E-state index contributed by atoms with van der Waals surface area (Å²) >= 11 is 5.24. The van der Waals surface area contributed by atoms with Crippen LogP contribution in [-0.4, -0.2) is 23.9 Å². The van der Waals surface area contributed by atoms with Crippen molar-refractivity contribution >= 4 is 35.2 Å². The molecule has 0 heterocycles. The molecule has 33 heavy (non-hydrogen) atoms. The monoisotopic (exact) mass is 461 g/mol. The van der Waals surface area contributed by atoms with E-state index < -0.39 is 5.97 Å². The van der Waals surface area contributed by atoms with Crippen molar-refractivity contribution in [3.05, 3.63) is 89.5 Å². The summed E-state index contributed by atoms with van der Waals surface area (Å²) in [6, 6.07) is 21.9. The molecular weight excluding hydrogens is 434 g/mol. The second kappa shape index (κ2) is 12.4. The van der Waals surface area contributed by atoms with Gasteiger partial charge in [-0.2, -0.15) is 5.10 Å². The predicted molar refractivity (Wildman–Crippen MR) is 136 cm³/mol. The van der Waals surface area contributed by atoms with Gasteiger partial charge in [-0.05, 0) is 97.4 Å². The highest BCUT2D eigenvalue weighted by molar-refractivity contribution is 7.80. The molecule has 0 fully saturated rings. The summed E-state index contributed by atoms with van der Waals surface area (Å²) < 4.78 is 11.1. The molecule has 0 aromatic heterocycles. The summed E-state index contributed by atoms with van der Waals surface area (Å²) in [7, 11) is 0. The molecule has 0 bridgehead atoms. The number of hydrazone groups is 1. The molecule has 0 saturated heterocycles. The summed E-state index contributed by atoms with van der Waals surface area (Å²) in [5.74, 6) is 0.765. The van der Waals surface area contributed by atoms with Crippen LogP contribution in [0.15, 0.2) is 77.9 Å². The maximum atomic E-state index is 12.4. The van der Waals surface area contributed by atoms with Crippen LogP contribution in [0.3, 0.4) is 0 Å². The van der Waals surface area contributed by atoms with Gasteiger partial charge in [0, 0.05) is 5.69 Å². The maximum Gasteiger partial charge on any atom is 0.343 e. The van der Waals surface area contributed by atoms with Crippen LogP contribution < -0.4 is 20.2 Å². The van der Waals surface area contributed by atoms with Crippen LogP contribution in [0.2, 0.25) is 0 Å². The van der Waals surface area contributed by atoms with Crippen molar-refractivity contribution in [1.82, 2.24) is 5.43 Å². The molecule has 0 radical (unpaired) electrons. The van der Waals surface area contributed by atoms with Gasteiger partial charge >= 0.3 is 5.97 Å². The number of benzene rings is 3. The highest BCUT2D eigenvalue weighted by Crippen LogP contribution is 2.17. The van der Waals surface area contributed by atoms with Gasteiger partial charge in [0.05, 0.1) is 18.4 Å². The van der Waals surface area contributed by atoms with E-state index in [0.29, 0.717) is 23.0 Å². The Balaban J connectivity index is 1.47. The van der Waals surface area contributed by atoms with Crippen molar-refractivity contribution in [2.24, 2.45) is 5.10 Å². The summed E-state index contributed by atoms with van der Waals surface area (Å²) in [5, 5.41) is 7.60. The Morgan fingerprint density at radius 2 is 1.76 bits per heavy atom. The molecule has 3 aromatic carbocycles. The van der Waals surface area contributed by atoms with Crippen molar-refractivity contribution in [2.75, 3.05) is 11.9 Å². The van der Waals surface area contributed by atoms with Gasteiger partial charge in [-0.3, -0.25) is 5.43 Å². The van der Waals surface area contributed by atoms with E-state index in [-0.39, 0.29) is 0 Å². The molecule has 0 spiro atoms. The second-order valence-electron chi connectivity index (χ2n) is 7.38. The van der Waals surface area contributed by atoms with Crippen LogP contribution in [0.1, 0.15) is 41.3 Å².